The van der Waals surface area contributed by atoms with Crippen molar-refractivity contribution in [3.8, 4) is 0 Å². The van der Waals surface area contributed by atoms with Crippen LogP contribution in [0.25, 0.3) is 0 Å². The van der Waals surface area contributed by atoms with E-state index in [2.05, 4.69) is 10.1 Å². The third kappa shape index (κ3) is 3.78. The fraction of sp³-hybridized carbons (Fsp3) is 0.875. The van der Waals surface area contributed by atoms with Crippen LogP contribution < -0.4 is 5.32 Å². The van der Waals surface area contributed by atoms with Gasteiger partial charge >= 0.3 is 12.1 Å². The van der Waals surface area contributed by atoms with Crippen LogP contribution in [0.3, 0.4) is 0 Å². The lowest BCUT2D eigenvalue weighted by Crippen LogP contribution is -2.68. The lowest BCUT2D eigenvalue weighted by atomic mass is 9.84. The molecular formula is C16H26FNO8. The molecule has 9 nitrogen and oxygen atoms in total. The molecular weight excluding hydrogens is 353 g/mol. The minimum Gasteiger partial charge on any atom is -0.480 e. The van der Waals surface area contributed by atoms with Crippen LogP contribution in [0, 0.1) is 5.92 Å². The summed E-state index contributed by atoms with van der Waals surface area (Å²) in [5.74, 6) is -4.23. The first kappa shape index (κ1) is 20.8. The van der Waals surface area contributed by atoms with E-state index in [1.807, 2.05) is 0 Å². The number of alkyl carbamates (subject to hydrolysis) is 1. The molecule has 0 bridgehead atoms. The average molecular weight is 379 g/mol. The van der Waals surface area contributed by atoms with Crippen molar-refractivity contribution in [2.24, 2.45) is 5.92 Å². The maximum Gasteiger partial charge on any atom is 0.410 e. The Hall–Kier alpha value is -1.49. The Labute approximate surface area is 151 Å². The molecule has 2 unspecified atom stereocenters. The summed E-state index contributed by atoms with van der Waals surface area (Å²) >= 11 is 0. The van der Waals surface area contributed by atoms with E-state index < -0.39 is 48.6 Å². The summed E-state index contributed by atoms with van der Waals surface area (Å²) in [6, 6.07) is -1.35. The molecule has 10 heteroatoms. The largest absolute Gasteiger partial charge is 0.480 e. The number of nitrogens with one attached hydrogen (secondary N) is 1. The summed E-state index contributed by atoms with van der Waals surface area (Å²) in [6.45, 7) is 0.303. The quantitative estimate of drug-likeness (QED) is 0.683. The molecule has 1 saturated heterocycles. The number of carbonyl (C=O) groups excluding carboxylic acids is 1. The molecule has 0 aromatic rings. The van der Waals surface area contributed by atoms with Gasteiger partial charge in [-0.1, -0.05) is 6.92 Å². The van der Waals surface area contributed by atoms with Gasteiger partial charge in [-0.2, -0.15) is 0 Å². The molecule has 2 N–H and O–H groups in total. The lowest BCUT2D eigenvalue weighted by Gasteiger charge is -2.55. The molecule has 1 heterocycles. The molecule has 0 radical (unpaired) electrons. The highest BCUT2D eigenvalue weighted by atomic mass is 19.1. The molecule has 1 aliphatic heterocycles. The highest BCUT2D eigenvalue weighted by molar-refractivity contribution is 5.80. The summed E-state index contributed by atoms with van der Waals surface area (Å²) in [5, 5.41) is 11.6. The lowest BCUT2D eigenvalue weighted by molar-refractivity contribution is -0.457. The molecule has 1 aliphatic carbocycles. The average Bonchev–Trinajstić information content (AvgIpc) is 2.64. The Morgan fingerprint density at radius 3 is 2.42 bits per heavy atom. The first-order valence-corrected chi connectivity index (χ1v) is 8.49. The number of carboxylic acid groups (broad SMARTS) is 1. The molecule has 0 aromatic heterocycles. The highest BCUT2D eigenvalue weighted by Crippen LogP contribution is 2.48. The fourth-order valence-corrected chi connectivity index (χ4v) is 3.65. The Morgan fingerprint density at radius 2 is 1.88 bits per heavy atom. The van der Waals surface area contributed by atoms with Gasteiger partial charge in [-0.15, -0.1) is 0 Å². The van der Waals surface area contributed by atoms with Crippen LogP contribution >= 0.6 is 0 Å². The monoisotopic (exact) mass is 379 g/mol. The van der Waals surface area contributed by atoms with Crippen molar-refractivity contribution in [1.29, 1.82) is 0 Å². The minimum absolute atomic E-state index is 0.0593. The van der Waals surface area contributed by atoms with E-state index in [0.29, 0.717) is 12.8 Å². The van der Waals surface area contributed by atoms with Gasteiger partial charge in [-0.25, -0.2) is 14.0 Å². The molecule has 0 spiro atoms. The zero-order valence-electron chi connectivity index (χ0n) is 15.2. The number of alkyl halides is 1. The maximum absolute atomic E-state index is 12.1. The van der Waals surface area contributed by atoms with Crippen molar-refractivity contribution in [1.82, 2.24) is 5.32 Å². The van der Waals surface area contributed by atoms with Gasteiger partial charge in [-0.05, 0) is 12.8 Å². The molecule has 150 valence electrons. The maximum atomic E-state index is 12.1. The highest BCUT2D eigenvalue weighted by Gasteiger charge is 2.61. The van der Waals surface area contributed by atoms with Crippen LogP contribution in [0.4, 0.5) is 9.18 Å². The van der Waals surface area contributed by atoms with Gasteiger partial charge in [0, 0.05) is 33.0 Å². The van der Waals surface area contributed by atoms with Gasteiger partial charge < -0.3 is 34.1 Å². The molecule has 1 saturated carbocycles. The first-order valence-electron chi connectivity index (χ1n) is 8.49. The van der Waals surface area contributed by atoms with Crippen LogP contribution in [0.1, 0.15) is 32.6 Å². The third-order valence-electron chi connectivity index (χ3n) is 5.16. The summed E-state index contributed by atoms with van der Waals surface area (Å²) in [6.07, 6.45) is 0.985. The van der Waals surface area contributed by atoms with E-state index >= 15 is 0 Å². The molecule has 0 aromatic carbocycles. The van der Waals surface area contributed by atoms with Crippen molar-refractivity contribution < 1.29 is 42.8 Å². The standard InChI is InChI=1S/C16H26FNO8/c1-10(12(13(19)20)18-14(21)24-9-17)11-8-25-15(22-2)6-4-5-7-16(15,23-3)26-11/h10-12H,4-9H2,1-3H3,(H,18,21)(H,19,20)/t10-,11-,12-,15?,16?/m0/s1. The summed E-state index contributed by atoms with van der Waals surface area (Å²) in [4.78, 5) is 23.0. The predicted molar refractivity (Wildman–Crippen MR) is 85.0 cm³/mol. The summed E-state index contributed by atoms with van der Waals surface area (Å²) in [5.41, 5.74) is 0. The van der Waals surface area contributed by atoms with Crippen LogP contribution in [0.2, 0.25) is 0 Å². The smallest absolute Gasteiger partial charge is 0.410 e. The number of aliphatic carboxylic acids is 1. The van der Waals surface area contributed by atoms with Gasteiger partial charge in [0.15, 0.2) is 0 Å². The van der Waals surface area contributed by atoms with Gasteiger partial charge in [0.1, 0.15) is 6.04 Å². The second-order valence-corrected chi connectivity index (χ2v) is 6.45. The number of carbonyl (C=O) groups is 2. The normalized spacial score (nSPS) is 33.6. The number of ether oxygens (including phenoxy) is 5. The third-order valence-corrected chi connectivity index (χ3v) is 5.16. The van der Waals surface area contributed by atoms with E-state index in [0.717, 1.165) is 12.8 Å². The number of carboxylic acids is 1. The number of halogens is 1. The van der Waals surface area contributed by atoms with Crippen LogP contribution in [-0.2, 0) is 28.5 Å². The minimum atomic E-state index is -1.35. The Morgan fingerprint density at radius 1 is 1.27 bits per heavy atom. The van der Waals surface area contributed by atoms with Gasteiger partial charge in [0.05, 0.1) is 12.7 Å². The van der Waals surface area contributed by atoms with Crippen LogP contribution in [0.5, 0.6) is 0 Å². The molecule has 2 rings (SSSR count). The second kappa shape index (κ2) is 8.47. The predicted octanol–water partition coefficient (Wildman–Crippen LogP) is 1.40. The Bertz CT molecular complexity index is 520. The van der Waals surface area contributed by atoms with Gasteiger partial charge in [0.2, 0.25) is 18.4 Å². The second-order valence-electron chi connectivity index (χ2n) is 6.45. The van der Waals surface area contributed by atoms with Gasteiger partial charge in [0.25, 0.3) is 0 Å². The number of rotatable bonds is 7. The molecule has 26 heavy (non-hydrogen) atoms. The first-order chi connectivity index (χ1) is 12.3. The van der Waals surface area contributed by atoms with E-state index in [1.54, 1.807) is 6.92 Å². The fourth-order valence-electron chi connectivity index (χ4n) is 3.65. The van der Waals surface area contributed by atoms with E-state index in [9.17, 15) is 19.1 Å². The molecule has 1 amide bonds. The molecule has 5 atom stereocenters. The molecule has 2 aliphatic rings. The summed E-state index contributed by atoms with van der Waals surface area (Å²) < 4.78 is 39.6. The van der Waals surface area contributed by atoms with Crippen molar-refractivity contribution in [3.63, 3.8) is 0 Å². The molecule has 2 fully saturated rings. The van der Waals surface area contributed by atoms with E-state index in [-0.39, 0.29) is 6.61 Å². The van der Waals surface area contributed by atoms with Gasteiger partial charge in [-0.3, -0.25) is 0 Å². The van der Waals surface area contributed by atoms with Crippen LogP contribution in [0.15, 0.2) is 0 Å². The number of methoxy groups -OCH3 is 2. The zero-order valence-corrected chi connectivity index (χ0v) is 15.2. The van der Waals surface area contributed by atoms with E-state index in [1.165, 1.54) is 14.2 Å². The van der Waals surface area contributed by atoms with Crippen molar-refractivity contribution in [2.75, 3.05) is 27.7 Å². The summed E-state index contributed by atoms with van der Waals surface area (Å²) in [7, 11) is 3.00. The Kier molecular flexibility index (Phi) is 6.78. The van der Waals surface area contributed by atoms with Crippen molar-refractivity contribution in [2.45, 2.75) is 56.3 Å². The van der Waals surface area contributed by atoms with Crippen molar-refractivity contribution >= 4 is 12.1 Å². The SMILES string of the molecule is COC12CCCCC1(OC)O[C@H]([C@H](C)[C@H](NC(=O)OCF)C(=O)O)CO2. The number of fused-ring (bicyclic) bond motifs is 1. The topological polar surface area (TPSA) is 113 Å². The number of amides is 1. The van der Waals surface area contributed by atoms with Crippen LogP contribution in [-0.4, -0.2) is 68.6 Å². The number of hydrogen-bond donors (Lipinski definition) is 2. The van der Waals surface area contributed by atoms with Crippen molar-refractivity contribution in [3.05, 3.63) is 0 Å². The van der Waals surface area contributed by atoms with E-state index in [4.69, 9.17) is 18.9 Å². The Balaban J connectivity index is 2.17. The number of hydrogen-bond acceptors (Lipinski definition) is 7. The zero-order chi connectivity index (χ0) is 19.4.